The number of hydrogen-bond acceptors (Lipinski definition) is 5. The van der Waals surface area contributed by atoms with E-state index < -0.39 is 12.1 Å². The van der Waals surface area contributed by atoms with Gasteiger partial charge in [-0.25, -0.2) is 9.78 Å². The van der Waals surface area contributed by atoms with Crippen molar-refractivity contribution in [1.29, 1.82) is 0 Å². The number of alkyl halides is 3. The van der Waals surface area contributed by atoms with Crippen LogP contribution in [0.2, 0.25) is 10.0 Å². The Hall–Kier alpha value is -3.61. The molecule has 43 heavy (non-hydrogen) atoms. The maximum atomic E-state index is 13.8. The number of aromatic nitrogens is 3. The van der Waals surface area contributed by atoms with Crippen LogP contribution in [0.25, 0.3) is 33.2 Å². The number of aliphatic carboxylic acids is 1. The molecule has 4 aromatic rings. The van der Waals surface area contributed by atoms with E-state index in [-0.39, 0.29) is 18.0 Å². The molecule has 2 aromatic carbocycles. The molecule has 0 fully saturated rings. The predicted octanol–water partition coefficient (Wildman–Crippen LogP) is 5.96. The second-order valence-corrected chi connectivity index (χ2v) is 10.4. The van der Waals surface area contributed by atoms with Crippen molar-refractivity contribution in [2.24, 2.45) is 5.73 Å². The maximum Gasteiger partial charge on any atom is 0.490 e. The number of carboxylic acids is 1. The Labute approximate surface area is 255 Å². The van der Waals surface area contributed by atoms with Crippen LogP contribution in [0.15, 0.2) is 47.4 Å². The van der Waals surface area contributed by atoms with E-state index in [1.54, 1.807) is 21.6 Å². The lowest BCUT2D eigenvalue weighted by molar-refractivity contribution is -0.192. The van der Waals surface area contributed by atoms with Crippen molar-refractivity contribution in [3.8, 4) is 11.3 Å². The van der Waals surface area contributed by atoms with Crippen LogP contribution in [0, 0.1) is 0 Å². The largest absolute Gasteiger partial charge is 0.490 e. The van der Waals surface area contributed by atoms with E-state index in [0.717, 1.165) is 30.2 Å². The number of rotatable bonds is 10. The molecule has 0 saturated carbocycles. The summed E-state index contributed by atoms with van der Waals surface area (Å²) in [5.41, 5.74) is 8.57. The van der Waals surface area contributed by atoms with Crippen molar-refractivity contribution >= 4 is 57.0 Å². The molecule has 0 saturated heterocycles. The number of nitrogens with two attached hydrogens (primary N) is 1. The van der Waals surface area contributed by atoms with Crippen LogP contribution in [0.1, 0.15) is 33.1 Å². The van der Waals surface area contributed by atoms with E-state index >= 15 is 0 Å². The van der Waals surface area contributed by atoms with Crippen LogP contribution in [0.3, 0.4) is 0 Å². The highest BCUT2D eigenvalue weighted by Gasteiger charge is 2.38. The van der Waals surface area contributed by atoms with E-state index in [0.29, 0.717) is 58.5 Å². The molecule has 2 heterocycles. The summed E-state index contributed by atoms with van der Waals surface area (Å²) in [4.78, 5) is 42.2. The molecule has 0 aliphatic carbocycles. The maximum absolute atomic E-state index is 13.8. The van der Waals surface area contributed by atoms with Crippen molar-refractivity contribution < 1.29 is 27.9 Å². The number of carboxylic acid groups (broad SMARTS) is 1. The molecule has 0 atom stereocenters. The number of aryl methyl sites for hydroxylation is 1. The molecule has 4 rings (SSSR count). The molecular weight excluding hydrogens is 610 g/mol. The first kappa shape index (κ1) is 33.9. The van der Waals surface area contributed by atoms with Gasteiger partial charge in [0.1, 0.15) is 12.2 Å². The molecule has 0 aliphatic heterocycles. The minimum absolute atomic E-state index is 0.0255. The Kier molecular flexibility index (Phi) is 11.6. The lowest BCUT2D eigenvalue weighted by atomic mass is 10.1. The third kappa shape index (κ3) is 8.07. The zero-order valence-corrected chi connectivity index (χ0v) is 25.1. The molecule has 0 unspecified atom stereocenters. The Morgan fingerprint density at radius 3 is 2.26 bits per heavy atom. The normalized spacial score (nSPS) is 11.4. The van der Waals surface area contributed by atoms with Crippen LogP contribution in [0.5, 0.6) is 0 Å². The summed E-state index contributed by atoms with van der Waals surface area (Å²) in [6, 6.07) is 11.2. The number of hydrogen-bond donors (Lipinski definition) is 2. The molecule has 232 valence electrons. The topological polar surface area (TPSA) is 123 Å². The smallest absolute Gasteiger partial charge is 0.475 e. The molecule has 0 spiro atoms. The summed E-state index contributed by atoms with van der Waals surface area (Å²) in [5, 5.41) is 8.74. The number of unbranched alkanes of at least 4 members (excludes halogenated alkanes) is 2. The average molecular weight is 643 g/mol. The number of carbonyl (C=O) groups is 2. The first-order valence-electron chi connectivity index (χ1n) is 13.6. The van der Waals surface area contributed by atoms with Crippen LogP contribution in [-0.2, 0) is 22.7 Å². The first-order valence-corrected chi connectivity index (χ1v) is 14.3. The Morgan fingerprint density at radius 2 is 1.65 bits per heavy atom. The van der Waals surface area contributed by atoms with Gasteiger partial charge in [0.2, 0.25) is 5.91 Å². The van der Waals surface area contributed by atoms with Crippen LogP contribution < -0.4 is 11.3 Å². The van der Waals surface area contributed by atoms with Crippen LogP contribution >= 0.6 is 23.2 Å². The van der Waals surface area contributed by atoms with Gasteiger partial charge in [-0.05, 0) is 51.4 Å². The van der Waals surface area contributed by atoms with E-state index in [9.17, 15) is 22.8 Å². The monoisotopic (exact) mass is 641 g/mol. The number of fused-ring (bicyclic) bond motifs is 2. The molecule has 1 amide bonds. The highest BCUT2D eigenvalue weighted by Crippen LogP contribution is 2.31. The second kappa shape index (κ2) is 14.7. The van der Waals surface area contributed by atoms with E-state index in [1.807, 2.05) is 48.9 Å². The van der Waals surface area contributed by atoms with Crippen molar-refractivity contribution in [2.75, 3.05) is 19.6 Å². The minimum Gasteiger partial charge on any atom is -0.475 e. The van der Waals surface area contributed by atoms with Gasteiger partial charge >= 0.3 is 12.1 Å². The van der Waals surface area contributed by atoms with Gasteiger partial charge in [-0.3, -0.25) is 9.59 Å². The van der Waals surface area contributed by atoms with Crippen molar-refractivity contribution in [1.82, 2.24) is 19.0 Å². The fourth-order valence-corrected chi connectivity index (χ4v) is 4.93. The highest BCUT2D eigenvalue weighted by atomic mass is 35.5. The fourth-order valence-electron chi connectivity index (χ4n) is 4.61. The fraction of sp³-hybridized carbons (Fsp3) is 0.379. The third-order valence-electron chi connectivity index (χ3n) is 6.78. The second-order valence-electron chi connectivity index (χ2n) is 9.58. The number of amides is 1. The summed E-state index contributed by atoms with van der Waals surface area (Å²) in [7, 11) is 0. The quantitative estimate of drug-likeness (QED) is 0.206. The van der Waals surface area contributed by atoms with E-state index in [2.05, 4.69) is 0 Å². The van der Waals surface area contributed by atoms with E-state index in [1.165, 1.54) is 0 Å². The first-order chi connectivity index (χ1) is 20.3. The lowest BCUT2D eigenvalue weighted by Crippen LogP contribution is -2.33. The molecule has 3 N–H and O–H groups in total. The van der Waals surface area contributed by atoms with Crippen molar-refractivity contribution in [2.45, 2.75) is 52.4 Å². The average Bonchev–Trinajstić information content (AvgIpc) is 3.31. The third-order valence-corrected chi connectivity index (χ3v) is 7.50. The van der Waals surface area contributed by atoms with Gasteiger partial charge in [-0.2, -0.15) is 13.2 Å². The van der Waals surface area contributed by atoms with Gasteiger partial charge < -0.3 is 24.9 Å². The summed E-state index contributed by atoms with van der Waals surface area (Å²) >= 11 is 12.6. The number of carbonyl (C=O) groups excluding carboxylic acids is 1. The molecule has 2 aromatic heterocycles. The van der Waals surface area contributed by atoms with Crippen LogP contribution in [0.4, 0.5) is 13.2 Å². The van der Waals surface area contributed by atoms with Crippen LogP contribution in [-0.4, -0.2) is 61.8 Å². The summed E-state index contributed by atoms with van der Waals surface area (Å²) in [5.74, 6) is -2.73. The Balaban J connectivity index is 0.000000646. The molecule has 14 heteroatoms. The minimum atomic E-state index is -5.08. The molecular formula is C29H32Cl2F3N5O4. The molecule has 0 radical (unpaired) electrons. The molecule has 0 aliphatic rings. The predicted molar refractivity (Wildman–Crippen MR) is 161 cm³/mol. The summed E-state index contributed by atoms with van der Waals surface area (Å²) in [6.07, 6.45) is -0.616. The van der Waals surface area contributed by atoms with Gasteiger partial charge in [0.15, 0.2) is 0 Å². The Bertz CT molecular complexity index is 1670. The lowest BCUT2D eigenvalue weighted by Gasteiger charge is -2.19. The highest BCUT2D eigenvalue weighted by molar-refractivity contribution is 6.42. The number of nitrogens with zero attached hydrogens (tertiary/aromatic N) is 4. The zero-order chi connectivity index (χ0) is 31.9. The standard InChI is InChI=1S/C27H31Cl2N5O2.C2HF3O2/c1-3-32(4-2)25(35)17-33-16-19(18-10-6-7-11-23(18)33)26-27(36)34(13-9-5-8-12-30)24-15-21(29)20(28)14-22(24)31-26;3-2(4,5)1(6)7/h6-7,10-11,14-16H,3-5,8-9,12-13,17,30H2,1-2H3;(H,6,7). The number of para-hydroxylation sites is 1. The number of halogens is 5. The molecule has 9 nitrogen and oxygen atoms in total. The zero-order valence-electron chi connectivity index (χ0n) is 23.6. The summed E-state index contributed by atoms with van der Waals surface area (Å²) in [6.45, 7) is 6.54. The molecule has 0 bridgehead atoms. The van der Waals surface area contributed by atoms with Gasteiger partial charge in [0.05, 0.1) is 21.1 Å². The van der Waals surface area contributed by atoms with Gasteiger partial charge in [-0.1, -0.05) is 47.8 Å². The number of likely N-dealkylation sites (N-methyl/N-ethyl adjacent to an activating group) is 1. The van der Waals surface area contributed by atoms with Gasteiger partial charge in [0, 0.05) is 42.3 Å². The van der Waals surface area contributed by atoms with Crippen molar-refractivity contribution in [3.05, 3.63) is 63.0 Å². The Morgan fingerprint density at radius 1 is 1.02 bits per heavy atom. The van der Waals surface area contributed by atoms with E-state index in [4.69, 9.17) is 43.8 Å². The van der Waals surface area contributed by atoms with Gasteiger partial charge in [-0.15, -0.1) is 0 Å². The van der Waals surface area contributed by atoms with Crippen molar-refractivity contribution in [3.63, 3.8) is 0 Å². The van der Waals surface area contributed by atoms with Gasteiger partial charge in [0.25, 0.3) is 5.56 Å². The number of benzene rings is 2. The SMILES string of the molecule is CCN(CC)C(=O)Cn1cc(-c2nc3cc(Cl)c(Cl)cc3n(CCCCCN)c2=O)c2ccccc21.O=C(O)C(F)(F)F. The summed E-state index contributed by atoms with van der Waals surface area (Å²) < 4.78 is 35.4.